The smallest absolute Gasteiger partial charge is 0.151 e. The highest BCUT2D eigenvalue weighted by molar-refractivity contribution is 5.57. The lowest BCUT2D eigenvalue weighted by molar-refractivity contribution is -0.136. The van der Waals surface area contributed by atoms with Gasteiger partial charge in [-0.1, -0.05) is 0 Å². The average molecular weight is 360 g/mol. The highest BCUT2D eigenvalue weighted by Gasteiger charge is 2.30. The molecule has 0 saturated carbocycles. The number of aliphatic hydroxyl groups excluding tert-OH is 10. The number of hydrogen-bond acceptors (Lipinski definition) is 12. The number of aldehydes is 2. The maximum atomic E-state index is 9.90. The van der Waals surface area contributed by atoms with Crippen molar-refractivity contribution in [2.24, 2.45) is 0 Å². The molecule has 24 heavy (non-hydrogen) atoms. The summed E-state index contributed by atoms with van der Waals surface area (Å²) in [7, 11) is 0. The lowest BCUT2D eigenvalue weighted by Crippen LogP contribution is -2.46. The molecule has 8 atom stereocenters. The van der Waals surface area contributed by atoms with Crippen LogP contribution >= 0.6 is 0 Å². The van der Waals surface area contributed by atoms with Crippen molar-refractivity contribution in [1.29, 1.82) is 0 Å². The Morgan fingerprint density at radius 2 is 0.792 bits per heavy atom. The minimum Gasteiger partial charge on any atom is -0.394 e. The molecule has 12 heteroatoms. The third-order valence-corrected chi connectivity index (χ3v) is 2.84. The molecular formula is C12H24O12. The van der Waals surface area contributed by atoms with Crippen LogP contribution in [0.3, 0.4) is 0 Å². The second-order valence-electron chi connectivity index (χ2n) is 4.72. The average Bonchev–Trinajstić information content (AvgIpc) is 2.62. The van der Waals surface area contributed by atoms with Crippen LogP contribution in [0.4, 0.5) is 0 Å². The molecule has 0 unspecified atom stereocenters. The predicted molar refractivity (Wildman–Crippen MR) is 74.4 cm³/mol. The molecule has 0 heterocycles. The van der Waals surface area contributed by atoms with Gasteiger partial charge in [0.2, 0.25) is 0 Å². The molecule has 0 amide bonds. The van der Waals surface area contributed by atoms with Crippen molar-refractivity contribution in [2.75, 3.05) is 13.2 Å². The Morgan fingerprint density at radius 3 is 0.958 bits per heavy atom. The molecule has 0 aromatic carbocycles. The molecule has 0 aliphatic carbocycles. The van der Waals surface area contributed by atoms with Crippen molar-refractivity contribution in [1.82, 2.24) is 0 Å². The third kappa shape index (κ3) is 8.70. The van der Waals surface area contributed by atoms with Crippen LogP contribution in [-0.2, 0) is 9.59 Å². The fourth-order valence-corrected chi connectivity index (χ4v) is 1.24. The zero-order valence-electron chi connectivity index (χ0n) is 12.5. The Hall–Kier alpha value is -1.06. The Labute approximate surface area is 136 Å². The van der Waals surface area contributed by atoms with Crippen LogP contribution in [0.15, 0.2) is 0 Å². The van der Waals surface area contributed by atoms with E-state index < -0.39 is 62.0 Å². The maximum Gasteiger partial charge on any atom is 0.151 e. The summed E-state index contributed by atoms with van der Waals surface area (Å²) in [6.07, 6.45) is -13.7. The standard InChI is InChI=1S/2C6H12O6/c2*7-1-3(9)5(11)6(12)4(10)2-8/h2*1,3-6,8-12H,2H2/t3-,4+,5-,6-;3-,4-,5-,6-/m11/s1. The molecule has 0 rings (SSSR count). The summed E-state index contributed by atoms with van der Waals surface area (Å²) in [5.74, 6) is 0. The van der Waals surface area contributed by atoms with Gasteiger partial charge in [0.05, 0.1) is 13.2 Å². The summed E-state index contributed by atoms with van der Waals surface area (Å²) in [6.45, 7) is -1.52. The molecule has 0 aromatic rings. The van der Waals surface area contributed by atoms with Crippen LogP contribution in [0, 0.1) is 0 Å². The van der Waals surface area contributed by atoms with Crippen molar-refractivity contribution in [3.05, 3.63) is 0 Å². The summed E-state index contributed by atoms with van der Waals surface area (Å²) in [5, 5.41) is 87.1. The molecule has 10 N–H and O–H groups in total. The number of rotatable bonds is 10. The fourth-order valence-electron chi connectivity index (χ4n) is 1.24. The molecule has 12 nitrogen and oxygen atoms in total. The quantitative estimate of drug-likeness (QED) is 0.164. The monoisotopic (exact) mass is 360 g/mol. The van der Waals surface area contributed by atoms with Gasteiger partial charge < -0.3 is 60.7 Å². The summed E-state index contributed by atoms with van der Waals surface area (Å²) < 4.78 is 0. The topological polar surface area (TPSA) is 236 Å². The van der Waals surface area contributed by atoms with E-state index in [0.717, 1.165) is 0 Å². The first kappa shape index (κ1) is 25.2. The van der Waals surface area contributed by atoms with Crippen molar-refractivity contribution >= 4 is 12.6 Å². The van der Waals surface area contributed by atoms with E-state index in [1.54, 1.807) is 0 Å². The minimum absolute atomic E-state index is 0.0258. The van der Waals surface area contributed by atoms with E-state index in [4.69, 9.17) is 51.1 Å². The second-order valence-corrected chi connectivity index (χ2v) is 4.72. The summed E-state index contributed by atoms with van der Waals surface area (Å²) >= 11 is 0. The lowest BCUT2D eigenvalue weighted by atomic mass is 10.0. The zero-order valence-corrected chi connectivity index (χ0v) is 12.5. The van der Waals surface area contributed by atoms with E-state index in [1.807, 2.05) is 0 Å². The lowest BCUT2D eigenvalue weighted by Gasteiger charge is -2.22. The molecule has 0 saturated heterocycles. The summed E-state index contributed by atoms with van der Waals surface area (Å²) in [4.78, 5) is 19.8. The minimum atomic E-state index is -1.79. The normalized spacial score (nSPS) is 21.1. The Bertz CT molecular complexity index is 308. The van der Waals surface area contributed by atoms with Crippen LogP contribution in [0.2, 0.25) is 0 Å². The van der Waals surface area contributed by atoms with E-state index in [-0.39, 0.29) is 12.6 Å². The Balaban J connectivity index is 0. The van der Waals surface area contributed by atoms with Gasteiger partial charge in [-0.2, -0.15) is 0 Å². The molecular weight excluding hydrogens is 336 g/mol. The Kier molecular flexibility index (Phi) is 13.9. The van der Waals surface area contributed by atoms with Crippen molar-refractivity contribution in [2.45, 2.75) is 48.8 Å². The van der Waals surface area contributed by atoms with Gasteiger partial charge in [-0.3, -0.25) is 0 Å². The van der Waals surface area contributed by atoms with Gasteiger partial charge in [0.25, 0.3) is 0 Å². The van der Waals surface area contributed by atoms with E-state index in [1.165, 1.54) is 0 Å². The highest BCUT2D eigenvalue weighted by atomic mass is 16.4. The van der Waals surface area contributed by atoms with Crippen LogP contribution in [0.5, 0.6) is 0 Å². The molecule has 0 aliphatic rings. The van der Waals surface area contributed by atoms with E-state index in [2.05, 4.69) is 0 Å². The van der Waals surface area contributed by atoms with Crippen molar-refractivity contribution < 1.29 is 60.7 Å². The molecule has 144 valence electrons. The molecule has 0 aliphatic heterocycles. The number of carbonyl (C=O) groups is 2. The summed E-state index contributed by atoms with van der Waals surface area (Å²) in [5.41, 5.74) is 0. The fraction of sp³-hybridized carbons (Fsp3) is 0.833. The largest absolute Gasteiger partial charge is 0.394 e. The number of aliphatic hydroxyl groups is 10. The van der Waals surface area contributed by atoms with E-state index in [9.17, 15) is 9.59 Å². The van der Waals surface area contributed by atoms with Crippen LogP contribution < -0.4 is 0 Å². The molecule has 0 spiro atoms. The predicted octanol–water partition coefficient (Wildman–Crippen LogP) is -6.76. The van der Waals surface area contributed by atoms with Gasteiger partial charge >= 0.3 is 0 Å². The highest BCUT2D eigenvalue weighted by Crippen LogP contribution is 2.03. The van der Waals surface area contributed by atoms with Crippen molar-refractivity contribution in [3.8, 4) is 0 Å². The summed E-state index contributed by atoms with van der Waals surface area (Å²) in [6, 6.07) is 0. The third-order valence-electron chi connectivity index (χ3n) is 2.84. The van der Waals surface area contributed by atoms with Crippen molar-refractivity contribution in [3.63, 3.8) is 0 Å². The first-order valence-electron chi connectivity index (χ1n) is 6.65. The van der Waals surface area contributed by atoms with Gasteiger partial charge in [-0.25, -0.2) is 0 Å². The van der Waals surface area contributed by atoms with Gasteiger partial charge in [0.15, 0.2) is 12.6 Å². The maximum absolute atomic E-state index is 9.90. The molecule has 0 radical (unpaired) electrons. The first-order valence-corrected chi connectivity index (χ1v) is 6.65. The van der Waals surface area contributed by atoms with Gasteiger partial charge in [-0.15, -0.1) is 0 Å². The van der Waals surface area contributed by atoms with Gasteiger partial charge in [0, 0.05) is 0 Å². The van der Waals surface area contributed by atoms with Crippen LogP contribution in [-0.4, -0.2) is 126 Å². The number of hydrogen-bond donors (Lipinski definition) is 10. The molecule has 0 aromatic heterocycles. The van der Waals surface area contributed by atoms with Gasteiger partial charge in [0.1, 0.15) is 48.8 Å². The Morgan fingerprint density at radius 1 is 0.542 bits per heavy atom. The molecule has 0 fully saturated rings. The first-order chi connectivity index (χ1) is 11.1. The van der Waals surface area contributed by atoms with E-state index >= 15 is 0 Å². The second kappa shape index (κ2) is 13.3. The van der Waals surface area contributed by atoms with Gasteiger partial charge in [-0.05, 0) is 0 Å². The SMILES string of the molecule is O=C[C@@H](O)[C@@H](O)[C@H](O)[C@@H](O)CO.O=C[C@@H](O)[C@@H](O)[C@H](O)[C@H](O)CO. The van der Waals surface area contributed by atoms with Crippen LogP contribution in [0.25, 0.3) is 0 Å². The number of carbonyl (C=O) groups excluding carboxylic acids is 2. The van der Waals surface area contributed by atoms with Crippen LogP contribution in [0.1, 0.15) is 0 Å². The molecule has 0 bridgehead atoms. The zero-order chi connectivity index (χ0) is 19.4. The van der Waals surface area contributed by atoms with E-state index in [0.29, 0.717) is 0 Å².